The van der Waals surface area contributed by atoms with Gasteiger partial charge in [-0.1, -0.05) is 0 Å². The van der Waals surface area contributed by atoms with Crippen LogP contribution in [0.2, 0.25) is 0 Å². The SMILES string of the molecule is CC(=O)N[C@H]1[C@H]([C@H](O)[C@H](O)CO)O[C@@](O[C@@H](C)[C@H]2O[C@@H](O)[C@H](O)[C@@H](O)[C@H]2O)(C(=O)O)C[C@@H]1O. The van der Waals surface area contributed by atoms with Crippen molar-refractivity contribution < 1.29 is 69.8 Å². The Morgan fingerprint density at radius 3 is 2.21 bits per heavy atom. The molecule has 2 aliphatic rings. The van der Waals surface area contributed by atoms with E-state index < -0.39 is 98.0 Å². The van der Waals surface area contributed by atoms with Gasteiger partial charge in [0.1, 0.15) is 42.7 Å². The Bertz CT molecular complexity index is 695. The van der Waals surface area contributed by atoms with E-state index in [0.717, 1.165) is 6.92 Å². The molecule has 0 aliphatic carbocycles. The highest BCUT2D eigenvalue weighted by atomic mass is 16.7. The number of carboxylic acid groups (broad SMARTS) is 1. The smallest absolute Gasteiger partial charge is 0.364 e. The van der Waals surface area contributed by atoms with Crippen LogP contribution in [0.3, 0.4) is 0 Å². The summed E-state index contributed by atoms with van der Waals surface area (Å²) in [6.45, 7) is 1.32. The zero-order valence-corrected chi connectivity index (χ0v) is 17.8. The van der Waals surface area contributed by atoms with Gasteiger partial charge in [-0.3, -0.25) is 4.79 Å². The quantitative estimate of drug-likeness (QED) is 0.154. The predicted molar refractivity (Wildman–Crippen MR) is 102 cm³/mol. The van der Waals surface area contributed by atoms with Gasteiger partial charge in [-0.2, -0.15) is 0 Å². The van der Waals surface area contributed by atoms with Crippen LogP contribution < -0.4 is 5.32 Å². The summed E-state index contributed by atoms with van der Waals surface area (Å²) < 4.78 is 15.9. The van der Waals surface area contributed by atoms with Crippen molar-refractivity contribution in [2.24, 2.45) is 0 Å². The largest absolute Gasteiger partial charge is 0.477 e. The van der Waals surface area contributed by atoms with Crippen molar-refractivity contribution in [2.75, 3.05) is 6.61 Å². The lowest BCUT2D eigenvalue weighted by Crippen LogP contribution is -2.69. The summed E-state index contributed by atoms with van der Waals surface area (Å²) in [4.78, 5) is 23.7. The van der Waals surface area contributed by atoms with Crippen LogP contribution in [0.5, 0.6) is 0 Å². The Morgan fingerprint density at radius 2 is 1.70 bits per heavy atom. The number of amides is 1. The summed E-state index contributed by atoms with van der Waals surface area (Å²) in [5, 5.41) is 91.4. The molecule has 0 aromatic heterocycles. The molecule has 0 radical (unpaired) electrons. The third kappa shape index (κ3) is 5.77. The van der Waals surface area contributed by atoms with Crippen molar-refractivity contribution in [3.63, 3.8) is 0 Å². The van der Waals surface area contributed by atoms with Gasteiger partial charge in [0, 0.05) is 13.3 Å². The average molecular weight is 485 g/mol. The molecule has 0 aromatic carbocycles. The Balaban J connectivity index is 2.35. The molecule has 0 saturated carbocycles. The number of carbonyl (C=O) groups is 2. The maximum absolute atomic E-state index is 12.2. The van der Waals surface area contributed by atoms with E-state index in [1.807, 2.05) is 0 Å². The van der Waals surface area contributed by atoms with Gasteiger partial charge < -0.3 is 65.5 Å². The number of aliphatic carboxylic acids is 1. The highest BCUT2D eigenvalue weighted by Gasteiger charge is 2.57. The molecular formula is C18H31NO14. The summed E-state index contributed by atoms with van der Waals surface area (Å²) in [5.74, 6) is -5.18. The monoisotopic (exact) mass is 485 g/mol. The van der Waals surface area contributed by atoms with Gasteiger partial charge in [0.15, 0.2) is 6.29 Å². The van der Waals surface area contributed by atoms with Crippen LogP contribution >= 0.6 is 0 Å². The molecule has 2 aliphatic heterocycles. The molecule has 15 heteroatoms. The number of hydrogen-bond donors (Lipinski definition) is 10. The van der Waals surface area contributed by atoms with Crippen LogP contribution in [0, 0.1) is 0 Å². The normalized spacial score (nSPS) is 42.2. The second-order valence-corrected chi connectivity index (χ2v) is 8.16. The number of rotatable bonds is 8. The second kappa shape index (κ2) is 10.8. The van der Waals surface area contributed by atoms with E-state index in [-0.39, 0.29) is 0 Å². The Kier molecular flexibility index (Phi) is 9.11. The van der Waals surface area contributed by atoms with Gasteiger partial charge in [-0.05, 0) is 6.92 Å². The minimum atomic E-state index is -2.72. The number of hydrogen-bond acceptors (Lipinski definition) is 13. The third-order valence-electron chi connectivity index (χ3n) is 5.65. The topological polar surface area (TPSA) is 256 Å². The lowest BCUT2D eigenvalue weighted by molar-refractivity contribution is -0.349. The van der Waals surface area contributed by atoms with Crippen molar-refractivity contribution in [2.45, 2.75) is 93.3 Å². The summed E-state index contributed by atoms with van der Waals surface area (Å²) in [5.41, 5.74) is 0. The van der Waals surface area contributed by atoms with Crippen molar-refractivity contribution in [1.29, 1.82) is 0 Å². The van der Waals surface area contributed by atoms with Crippen LogP contribution in [0.1, 0.15) is 20.3 Å². The zero-order valence-electron chi connectivity index (χ0n) is 17.8. The zero-order chi connectivity index (χ0) is 25.2. The molecule has 2 rings (SSSR count). The molecular weight excluding hydrogens is 454 g/mol. The van der Waals surface area contributed by atoms with E-state index >= 15 is 0 Å². The van der Waals surface area contributed by atoms with Gasteiger partial charge in [-0.25, -0.2) is 4.79 Å². The maximum Gasteiger partial charge on any atom is 0.364 e. The first kappa shape index (κ1) is 27.7. The Morgan fingerprint density at radius 1 is 1.09 bits per heavy atom. The van der Waals surface area contributed by atoms with Crippen molar-refractivity contribution >= 4 is 11.9 Å². The summed E-state index contributed by atoms with van der Waals surface area (Å²) in [7, 11) is 0. The molecule has 33 heavy (non-hydrogen) atoms. The van der Waals surface area contributed by atoms with Crippen LogP contribution in [-0.4, -0.2) is 137 Å². The van der Waals surface area contributed by atoms with Gasteiger partial charge in [0.05, 0.1) is 24.9 Å². The molecule has 0 unspecified atom stereocenters. The number of ether oxygens (including phenoxy) is 3. The van der Waals surface area contributed by atoms with E-state index in [1.165, 1.54) is 6.92 Å². The van der Waals surface area contributed by atoms with Crippen LogP contribution in [0.25, 0.3) is 0 Å². The van der Waals surface area contributed by atoms with Crippen LogP contribution in [0.4, 0.5) is 0 Å². The van der Waals surface area contributed by atoms with Gasteiger partial charge in [0.25, 0.3) is 5.79 Å². The first-order valence-corrected chi connectivity index (χ1v) is 10.1. The van der Waals surface area contributed by atoms with Crippen molar-refractivity contribution in [3.8, 4) is 0 Å². The lowest BCUT2D eigenvalue weighted by atomic mass is 9.88. The first-order chi connectivity index (χ1) is 15.3. The molecule has 2 saturated heterocycles. The molecule has 0 bridgehead atoms. The van der Waals surface area contributed by atoms with Gasteiger partial charge in [-0.15, -0.1) is 0 Å². The fraction of sp³-hybridized carbons (Fsp3) is 0.889. The number of carboxylic acids is 1. The maximum atomic E-state index is 12.2. The second-order valence-electron chi connectivity index (χ2n) is 8.16. The van der Waals surface area contributed by atoms with E-state index in [9.17, 15) is 50.4 Å². The summed E-state index contributed by atoms with van der Waals surface area (Å²) in [6.07, 6.45) is -18.5. The van der Waals surface area contributed by atoms with Crippen molar-refractivity contribution in [1.82, 2.24) is 5.32 Å². The average Bonchev–Trinajstić information content (AvgIpc) is 2.74. The predicted octanol–water partition coefficient (Wildman–Crippen LogP) is -5.66. The van der Waals surface area contributed by atoms with Crippen LogP contribution in [0.15, 0.2) is 0 Å². The van der Waals surface area contributed by atoms with E-state index in [0.29, 0.717) is 0 Å². The molecule has 1 amide bonds. The standard InChI is InChI=1S/C18H31NO14/c1-5(14-12(26)11(25)13(27)16(28)31-14)32-18(17(29)30)3-7(22)9(19-6(2)21)15(33-18)10(24)8(23)4-20/h5,7-16,20,22-28H,3-4H2,1-2H3,(H,19,21)(H,29,30)/t5-,7-,8+,9+,10+,11-,12+,13+,14+,15+,16+,18+/m0/s1. The number of aliphatic hydroxyl groups is 8. The highest BCUT2D eigenvalue weighted by Crippen LogP contribution is 2.36. The molecule has 0 spiro atoms. The molecule has 2 fully saturated rings. The van der Waals surface area contributed by atoms with E-state index in [4.69, 9.17) is 19.3 Å². The molecule has 15 nitrogen and oxygen atoms in total. The molecule has 0 aromatic rings. The van der Waals surface area contributed by atoms with E-state index in [1.54, 1.807) is 0 Å². The summed E-state index contributed by atoms with van der Waals surface area (Å²) >= 11 is 0. The fourth-order valence-electron chi connectivity index (χ4n) is 3.89. The molecule has 2 heterocycles. The number of nitrogens with one attached hydrogen (secondary N) is 1. The molecule has 12 atom stereocenters. The summed E-state index contributed by atoms with van der Waals surface area (Å²) in [6, 6.07) is -1.40. The minimum absolute atomic E-state index is 0.671. The Hall–Kier alpha value is -1.50. The first-order valence-electron chi connectivity index (χ1n) is 10.1. The Labute approximate surface area is 187 Å². The highest BCUT2D eigenvalue weighted by molar-refractivity contribution is 5.76. The number of carbonyl (C=O) groups excluding carboxylic acids is 1. The molecule has 192 valence electrons. The van der Waals surface area contributed by atoms with Crippen molar-refractivity contribution in [3.05, 3.63) is 0 Å². The lowest BCUT2D eigenvalue weighted by Gasteiger charge is -2.48. The van der Waals surface area contributed by atoms with Gasteiger partial charge in [0.2, 0.25) is 5.91 Å². The molecule has 10 N–H and O–H groups in total. The van der Waals surface area contributed by atoms with Gasteiger partial charge >= 0.3 is 5.97 Å². The van der Waals surface area contributed by atoms with E-state index in [2.05, 4.69) is 5.32 Å². The number of aliphatic hydroxyl groups excluding tert-OH is 8. The fourth-order valence-corrected chi connectivity index (χ4v) is 3.89. The van der Waals surface area contributed by atoms with Crippen LogP contribution in [-0.2, 0) is 23.8 Å². The minimum Gasteiger partial charge on any atom is -0.477 e. The third-order valence-corrected chi connectivity index (χ3v) is 5.65.